The Morgan fingerprint density at radius 2 is 2.00 bits per heavy atom. The standard InChI is InChI=1S/C12H13F2IO2/c1-2-17-11(16)12(13,14)8-10(15)9-6-4-3-5-7-9/h3-7,10H,2,8H2,1H3. The lowest BCUT2D eigenvalue weighted by atomic mass is 10.1. The molecule has 0 aliphatic carbocycles. The summed E-state index contributed by atoms with van der Waals surface area (Å²) in [5.74, 6) is -4.88. The third kappa shape index (κ3) is 4.22. The van der Waals surface area contributed by atoms with Crippen LogP contribution in [0.3, 0.4) is 0 Å². The summed E-state index contributed by atoms with van der Waals surface area (Å²) < 4.78 is 30.9. The predicted octanol–water partition coefficient (Wildman–Crippen LogP) is 3.75. The van der Waals surface area contributed by atoms with Gasteiger partial charge in [-0.3, -0.25) is 0 Å². The first kappa shape index (κ1) is 14.3. The molecule has 0 heterocycles. The van der Waals surface area contributed by atoms with Crippen molar-refractivity contribution in [1.29, 1.82) is 0 Å². The molecule has 0 radical (unpaired) electrons. The normalized spacial score (nSPS) is 13.2. The number of alkyl halides is 3. The molecule has 0 amide bonds. The lowest BCUT2D eigenvalue weighted by molar-refractivity contribution is -0.172. The molecule has 0 aliphatic rings. The van der Waals surface area contributed by atoms with Gasteiger partial charge in [0, 0.05) is 10.3 Å². The first-order valence-corrected chi connectivity index (χ1v) is 6.46. The zero-order valence-corrected chi connectivity index (χ0v) is 11.5. The van der Waals surface area contributed by atoms with Gasteiger partial charge < -0.3 is 4.74 Å². The van der Waals surface area contributed by atoms with E-state index in [1.54, 1.807) is 24.3 Å². The van der Waals surface area contributed by atoms with E-state index in [4.69, 9.17) is 0 Å². The minimum absolute atomic E-state index is 0.0360. The van der Waals surface area contributed by atoms with Crippen LogP contribution in [0.15, 0.2) is 30.3 Å². The van der Waals surface area contributed by atoms with Crippen LogP contribution in [0.5, 0.6) is 0 Å². The highest BCUT2D eigenvalue weighted by Gasteiger charge is 2.42. The number of esters is 1. The van der Waals surface area contributed by atoms with Crippen molar-refractivity contribution in [3.8, 4) is 0 Å². The van der Waals surface area contributed by atoms with Crippen molar-refractivity contribution in [2.24, 2.45) is 0 Å². The first-order valence-electron chi connectivity index (χ1n) is 5.21. The molecule has 0 aromatic heterocycles. The summed E-state index contributed by atoms with van der Waals surface area (Å²) in [6.07, 6.45) is -0.545. The maximum Gasteiger partial charge on any atom is 0.377 e. The second-order valence-electron chi connectivity index (χ2n) is 3.51. The molecule has 0 spiro atoms. The summed E-state index contributed by atoms with van der Waals surface area (Å²) in [5, 5.41) is 0. The summed E-state index contributed by atoms with van der Waals surface area (Å²) >= 11 is 1.91. The van der Waals surface area contributed by atoms with Crippen LogP contribution < -0.4 is 0 Å². The van der Waals surface area contributed by atoms with Gasteiger partial charge in [0.2, 0.25) is 0 Å². The number of carbonyl (C=O) groups excluding carboxylic acids is 1. The Labute approximate surface area is 112 Å². The summed E-state index contributed by atoms with van der Waals surface area (Å²) in [5.41, 5.74) is 0.775. The van der Waals surface area contributed by atoms with Crippen LogP contribution in [-0.2, 0) is 9.53 Å². The average Bonchev–Trinajstić information content (AvgIpc) is 2.30. The monoisotopic (exact) mass is 354 g/mol. The molecular formula is C12H13F2IO2. The molecule has 94 valence electrons. The Bertz CT molecular complexity index is 368. The molecule has 0 saturated carbocycles. The van der Waals surface area contributed by atoms with Gasteiger partial charge in [0.15, 0.2) is 0 Å². The highest BCUT2D eigenvalue weighted by Crippen LogP contribution is 2.35. The van der Waals surface area contributed by atoms with Crippen LogP contribution in [0.4, 0.5) is 8.78 Å². The Kier molecular flexibility index (Phi) is 5.30. The number of halogens is 3. The summed E-state index contributed by atoms with van der Waals surface area (Å²) in [6, 6.07) is 8.90. The number of hydrogen-bond acceptors (Lipinski definition) is 2. The number of benzene rings is 1. The third-order valence-electron chi connectivity index (χ3n) is 2.17. The van der Waals surface area contributed by atoms with E-state index in [-0.39, 0.29) is 6.61 Å². The topological polar surface area (TPSA) is 26.3 Å². The molecule has 17 heavy (non-hydrogen) atoms. The second kappa shape index (κ2) is 6.28. The molecule has 2 nitrogen and oxygen atoms in total. The van der Waals surface area contributed by atoms with Crippen molar-refractivity contribution >= 4 is 28.6 Å². The van der Waals surface area contributed by atoms with Gasteiger partial charge >= 0.3 is 11.9 Å². The van der Waals surface area contributed by atoms with Crippen molar-refractivity contribution in [2.45, 2.75) is 23.2 Å². The lowest BCUT2D eigenvalue weighted by Gasteiger charge is -2.18. The van der Waals surface area contributed by atoms with E-state index in [2.05, 4.69) is 4.74 Å². The molecule has 0 fully saturated rings. The molecule has 0 N–H and O–H groups in total. The largest absolute Gasteiger partial charge is 0.462 e. The Morgan fingerprint density at radius 3 is 2.53 bits per heavy atom. The van der Waals surface area contributed by atoms with Crippen LogP contribution in [0.1, 0.15) is 22.8 Å². The summed E-state index contributed by atoms with van der Waals surface area (Å²) in [4.78, 5) is 11.1. The molecule has 1 aromatic rings. The molecule has 1 atom stereocenters. The second-order valence-corrected chi connectivity index (χ2v) is 5.01. The number of rotatable bonds is 5. The zero-order chi connectivity index (χ0) is 12.9. The van der Waals surface area contributed by atoms with Crippen molar-refractivity contribution in [3.05, 3.63) is 35.9 Å². The Balaban J connectivity index is 2.67. The van der Waals surface area contributed by atoms with Crippen LogP contribution in [0.2, 0.25) is 0 Å². The highest BCUT2D eigenvalue weighted by atomic mass is 127. The van der Waals surface area contributed by atoms with Gasteiger partial charge in [0.05, 0.1) is 6.61 Å². The molecule has 0 bridgehead atoms. The molecular weight excluding hydrogens is 341 g/mol. The fourth-order valence-corrected chi connectivity index (χ4v) is 2.29. The van der Waals surface area contributed by atoms with Crippen molar-refractivity contribution in [3.63, 3.8) is 0 Å². The van der Waals surface area contributed by atoms with Crippen molar-refractivity contribution < 1.29 is 18.3 Å². The molecule has 1 aromatic carbocycles. The van der Waals surface area contributed by atoms with Gasteiger partial charge in [0.25, 0.3) is 0 Å². The average molecular weight is 354 g/mol. The van der Waals surface area contributed by atoms with Gasteiger partial charge in [-0.1, -0.05) is 52.9 Å². The van der Waals surface area contributed by atoms with Crippen LogP contribution in [0, 0.1) is 0 Å². The zero-order valence-electron chi connectivity index (χ0n) is 9.33. The van der Waals surface area contributed by atoms with E-state index >= 15 is 0 Å². The highest BCUT2D eigenvalue weighted by molar-refractivity contribution is 14.1. The van der Waals surface area contributed by atoms with E-state index < -0.39 is 22.2 Å². The van der Waals surface area contributed by atoms with E-state index in [0.29, 0.717) is 0 Å². The minimum atomic E-state index is -3.43. The maximum absolute atomic E-state index is 13.5. The van der Waals surface area contributed by atoms with Crippen LogP contribution in [0.25, 0.3) is 0 Å². The van der Waals surface area contributed by atoms with Gasteiger partial charge in [0.1, 0.15) is 0 Å². The van der Waals surface area contributed by atoms with Gasteiger partial charge in [-0.05, 0) is 12.5 Å². The van der Waals surface area contributed by atoms with Crippen LogP contribution >= 0.6 is 22.6 Å². The smallest absolute Gasteiger partial charge is 0.377 e. The van der Waals surface area contributed by atoms with Gasteiger partial charge in [-0.15, -0.1) is 0 Å². The van der Waals surface area contributed by atoms with Crippen LogP contribution in [-0.4, -0.2) is 18.5 Å². The number of carbonyl (C=O) groups is 1. The predicted molar refractivity (Wildman–Crippen MR) is 69.4 cm³/mol. The number of hydrogen-bond donors (Lipinski definition) is 0. The number of ether oxygens (including phenoxy) is 1. The minimum Gasteiger partial charge on any atom is -0.462 e. The quantitative estimate of drug-likeness (QED) is 0.457. The molecule has 1 rings (SSSR count). The van der Waals surface area contributed by atoms with Gasteiger partial charge in [-0.25, -0.2) is 4.79 Å². The first-order chi connectivity index (χ1) is 7.97. The fraction of sp³-hybridized carbons (Fsp3) is 0.417. The van der Waals surface area contributed by atoms with Crippen molar-refractivity contribution in [2.75, 3.05) is 6.61 Å². The molecule has 0 saturated heterocycles. The van der Waals surface area contributed by atoms with Gasteiger partial charge in [-0.2, -0.15) is 8.78 Å². The van der Waals surface area contributed by atoms with Crippen molar-refractivity contribution in [1.82, 2.24) is 0 Å². The molecule has 0 aliphatic heterocycles. The van der Waals surface area contributed by atoms with E-state index in [1.807, 2.05) is 28.7 Å². The maximum atomic E-state index is 13.5. The Morgan fingerprint density at radius 1 is 1.41 bits per heavy atom. The molecule has 1 unspecified atom stereocenters. The third-order valence-corrected chi connectivity index (χ3v) is 3.33. The van der Waals surface area contributed by atoms with E-state index in [9.17, 15) is 13.6 Å². The summed E-state index contributed by atoms with van der Waals surface area (Å²) in [7, 11) is 0. The lowest BCUT2D eigenvalue weighted by Crippen LogP contribution is -2.31. The van der Waals surface area contributed by atoms with E-state index in [0.717, 1.165) is 5.56 Å². The molecule has 5 heteroatoms. The summed E-state index contributed by atoms with van der Waals surface area (Å²) in [6.45, 7) is 1.47. The SMILES string of the molecule is CCOC(=O)C(F)(F)CC(I)c1ccccc1. The Hall–Kier alpha value is -0.720. The van der Waals surface area contributed by atoms with E-state index in [1.165, 1.54) is 6.92 Å². The fourth-order valence-electron chi connectivity index (χ4n) is 1.32.